The van der Waals surface area contributed by atoms with Crippen molar-refractivity contribution < 1.29 is 32.6 Å². The molecule has 2 fully saturated rings. The lowest BCUT2D eigenvalue weighted by atomic mass is 9.84. The van der Waals surface area contributed by atoms with Crippen LogP contribution in [0, 0.1) is 0 Å². The van der Waals surface area contributed by atoms with E-state index in [2.05, 4.69) is 11.9 Å². The Morgan fingerprint density at radius 3 is 2.70 bits per heavy atom. The molecular formula is C14H21NO7S. The number of ether oxygens (including phenoxy) is 3. The lowest BCUT2D eigenvalue weighted by molar-refractivity contribution is -0.162. The van der Waals surface area contributed by atoms with Gasteiger partial charge in [0.2, 0.25) is 5.91 Å². The zero-order valence-corrected chi connectivity index (χ0v) is 14.1. The van der Waals surface area contributed by atoms with Crippen LogP contribution in [0.4, 0.5) is 0 Å². The van der Waals surface area contributed by atoms with Crippen LogP contribution in [0.15, 0.2) is 12.2 Å². The quantitative estimate of drug-likeness (QED) is 0.387. The Kier molecular flexibility index (Phi) is 5.24. The minimum absolute atomic E-state index is 0.288. The number of rotatable bonds is 6. The number of carbonyl (C=O) groups is 2. The smallest absolute Gasteiger partial charge is 0.325 e. The van der Waals surface area contributed by atoms with Gasteiger partial charge in [-0.1, -0.05) is 6.58 Å². The number of nitrogens with one attached hydrogen (secondary N) is 1. The van der Waals surface area contributed by atoms with Gasteiger partial charge in [-0.2, -0.15) is 0 Å². The lowest BCUT2D eigenvalue weighted by Gasteiger charge is -2.34. The third-order valence-electron chi connectivity index (χ3n) is 4.17. The Labute approximate surface area is 136 Å². The molecule has 0 spiro atoms. The van der Waals surface area contributed by atoms with Crippen molar-refractivity contribution in [3.05, 3.63) is 12.2 Å². The highest BCUT2D eigenvalue weighted by Crippen LogP contribution is 2.47. The molecule has 0 aromatic carbocycles. The Morgan fingerprint density at radius 2 is 2.17 bits per heavy atom. The summed E-state index contributed by atoms with van der Waals surface area (Å²) < 4.78 is 37.2. The van der Waals surface area contributed by atoms with Crippen LogP contribution in [0.5, 0.6) is 0 Å². The first-order valence-corrected chi connectivity index (χ1v) is 8.30. The van der Waals surface area contributed by atoms with Crippen molar-refractivity contribution in [3.8, 4) is 0 Å². The van der Waals surface area contributed by atoms with E-state index in [1.54, 1.807) is 6.92 Å². The van der Waals surface area contributed by atoms with E-state index in [0.29, 0.717) is 0 Å². The molecular weight excluding hydrogens is 326 g/mol. The summed E-state index contributed by atoms with van der Waals surface area (Å²) in [5.74, 6) is -1.07. The van der Waals surface area contributed by atoms with Crippen LogP contribution in [0.25, 0.3) is 0 Å². The Balaban J connectivity index is 2.00. The first kappa shape index (κ1) is 18.1. The molecule has 2 aliphatic rings. The van der Waals surface area contributed by atoms with Gasteiger partial charge in [-0.15, -0.1) is 0 Å². The number of methoxy groups -OCH3 is 1. The summed E-state index contributed by atoms with van der Waals surface area (Å²) in [6.45, 7) is 6.42. The monoisotopic (exact) mass is 347 g/mol. The van der Waals surface area contributed by atoms with E-state index in [1.165, 1.54) is 14.0 Å². The van der Waals surface area contributed by atoms with E-state index < -0.39 is 52.1 Å². The standard InChI is InChI=1S/C14H21NO7S/c1-7(2)13(17)15-6-9(16)21-12-11(20-4)10-8(23(18)19)5-14(12,3)22-10/h8,10-12H,1,5-6H2,2-4H3,(H,15,17)(H,18,19). The normalized spacial score (nSPS) is 36.5. The molecule has 2 bridgehead atoms. The molecule has 6 atom stereocenters. The zero-order valence-electron chi connectivity index (χ0n) is 13.2. The van der Waals surface area contributed by atoms with Crippen molar-refractivity contribution in [3.63, 3.8) is 0 Å². The fourth-order valence-corrected chi connectivity index (χ4v) is 3.97. The zero-order chi connectivity index (χ0) is 17.4. The van der Waals surface area contributed by atoms with Crippen molar-refractivity contribution in [1.82, 2.24) is 5.32 Å². The van der Waals surface area contributed by atoms with Gasteiger partial charge in [0.1, 0.15) is 24.4 Å². The molecule has 0 radical (unpaired) electrons. The topological polar surface area (TPSA) is 111 Å². The van der Waals surface area contributed by atoms with Crippen molar-refractivity contribution >= 4 is 23.0 Å². The fraction of sp³-hybridized carbons (Fsp3) is 0.714. The maximum atomic E-state index is 11.9. The summed E-state index contributed by atoms with van der Waals surface area (Å²) in [4.78, 5) is 23.3. The first-order chi connectivity index (χ1) is 10.7. The van der Waals surface area contributed by atoms with Crippen molar-refractivity contribution in [2.45, 2.75) is 49.4 Å². The molecule has 8 nitrogen and oxygen atoms in total. The van der Waals surface area contributed by atoms with Crippen LogP contribution in [0.1, 0.15) is 20.3 Å². The van der Waals surface area contributed by atoms with Crippen LogP contribution in [-0.4, -0.2) is 63.5 Å². The van der Waals surface area contributed by atoms with E-state index in [-0.39, 0.29) is 18.5 Å². The highest BCUT2D eigenvalue weighted by molar-refractivity contribution is 7.80. The molecule has 2 N–H and O–H groups in total. The van der Waals surface area contributed by atoms with E-state index >= 15 is 0 Å². The number of hydrogen-bond donors (Lipinski definition) is 2. The summed E-state index contributed by atoms with van der Waals surface area (Å²) in [7, 11) is 1.43. The molecule has 0 aliphatic carbocycles. The molecule has 2 saturated heterocycles. The second kappa shape index (κ2) is 6.68. The van der Waals surface area contributed by atoms with Gasteiger partial charge in [-0.3, -0.25) is 9.59 Å². The largest absolute Gasteiger partial charge is 0.455 e. The van der Waals surface area contributed by atoms with Crippen LogP contribution in [0.3, 0.4) is 0 Å². The molecule has 0 aromatic heterocycles. The highest BCUT2D eigenvalue weighted by atomic mass is 32.2. The van der Waals surface area contributed by atoms with Gasteiger partial charge in [0.15, 0.2) is 17.2 Å². The summed E-state index contributed by atoms with van der Waals surface area (Å²) >= 11 is -2.04. The third-order valence-corrected chi connectivity index (χ3v) is 5.13. The van der Waals surface area contributed by atoms with Gasteiger partial charge in [-0.05, 0) is 20.3 Å². The Morgan fingerprint density at radius 1 is 1.52 bits per heavy atom. The average molecular weight is 347 g/mol. The molecule has 0 aromatic rings. The van der Waals surface area contributed by atoms with Crippen LogP contribution < -0.4 is 5.32 Å². The number of esters is 1. The Hall–Kier alpha value is -1.29. The molecule has 2 heterocycles. The average Bonchev–Trinajstić information content (AvgIpc) is 2.95. The predicted octanol–water partition coefficient (Wildman–Crippen LogP) is -0.243. The fourth-order valence-electron chi connectivity index (χ4n) is 3.05. The molecule has 1 amide bonds. The van der Waals surface area contributed by atoms with Gasteiger partial charge < -0.3 is 24.1 Å². The van der Waals surface area contributed by atoms with Crippen molar-refractivity contribution in [2.75, 3.05) is 13.7 Å². The second-order valence-electron chi connectivity index (χ2n) is 5.99. The minimum atomic E-state index is -2.04. The minimum Gasteiger partial charge on any atom is -0.455 e. The highest BCUT2D eigenvalue weighted by Gasteiger charge is 2.65. The molecule has 0 saturated carbocycles. The van der Waals surface area contributed by atoms with Gasteiger partial charge in [0, 0.05) is 12.7 Å². The first-order valence-electron chi connectivity index (χ1n) is 7.13. The SMILES string of the molecule is C=C(C)C(=O)NCC(=O)OC1C(OC)C2OC1(C)CC2S(=O)O. The summed E-state index contributed by atoms with van der Waals surface area (Å²) in [6.07, 6.45) is -1.66. The number of fused-ring (bicyclic) bond motifs is 2. The van der Waals surface area contributed by atoms with E-state index in [4.69, 9.17) is 14.2 Å². The van der Waals surface area contributed by atoms with E-state index in [0.717, 1.165) is 0 Å². The van der Waals surface area contributed by atoms with Crippen molar-refractivity contribution in [1.29, 1.82) is 0 Å². The second-order valence-corrected chi connectivity index (χ2v) is 7.15. The number of amides is 1. The van der Waals surface area contributed by atoms with E-state index in [1.807, 2.05) is 0 Å². The third kappa shape index (κ3) is 3.47. The van der Waals surface area contributed by atoms with Crippen LogP contribution in [0.2, 0.25) is 0 Å². The number of hydrogen-bond acceptors (Lipinski definition) is 6. The molecule has 2 aliphatic heterocycles. The summed E-state index contributed by atoms with van der Waals surface area (Å²) in [5.41, 5.74) is -0.598. The predicted molar refractivity (Wildman–Crippen MR) is 81.0 cm³/mol. The van der Waals surface area contributed by atoms with Crippen molar-refractivity contribution in [2.24, 2.45) is 0 Å². The summed E-state index contributed by atoms with van der Waals surface area (Å²) in [5, 5.41) is 1.81. The van der Waals surface area contributed by atoms with Gasteiger partial charge in [0.25, 0.3) is 0 Å². The van der Waals surface area contributed by atoms with Crippen LogP contribution in [-0.2, 0) is 34.9 Å². The van der Waals surface area contributed by atoms with Gasteiger partial charge >= 0.3 is 5.97 Å². The maximum Gasteiger partial charge on any atom is 0.325 e. The molecule has 130 valence electrons. The van der Waals surface area contributed by atoms with Gasteiger partial charge in [0.05, 0.1) is 5.25 Å². The molecule has 2 rings (SSSR count). The van der Waals surface area contributed by atoms with Gasteiger partial charge in [-0.25, -0.2) is 4.21 Å². The van der Waals surface area contributed by atoms with E-state index in [9.17, 15) is 18.4 Å². The number of carbonyl (C=O) groups excluding carboxylic acids is 2. The Bertz CT molecular complexity index is 551. The van der Waals surface area contributed by atoms with Crippen LogP contribution >= 0.6 is 0 Å². The lowest BCUT2D eigenvalue weighted by Crippen LogP contribution is -2.53. The molecule has 9 heteroatoms. The maximum absolute atomic E-state index is 11.9. The summed E-state index contributed by atoms with van der Waals surface area (Å²) in [6, 6.07) is 0. The molecule has 23 heavy (non-hydrogen) atoms. The molecule has 6 unspecified atom stereocenters.